The fourth-order valence-electron chi connectivity index (χ4n) is 5.87. The van der Waals surface area contributed by atoms with E-state index in [2.05, 4.69) is 69.9 Å². The summed E-state index contributed by atoms with van der Waals surface area (Å²) in [5, 5.41) is 2.73. The second kappa shape index (κ2) is 8.58. The summed E-state index contributed by atoms with van der Waals surface area (Å²) >= 11 is 0. The van der Waals surface area contributed by atoms with Crippen LogP contribution in [-0.4, -0.2) is 57.4 Å². The highest BCUT2D eigenvalue weighted by molar-refractivity contribution is 7.64. The number of rotatable bonds is 8. The molecule has 22 heavy (non-hydrogen) atoms. The molecule has 1 atom stereocenters. The molecule has 132 valence electrons. The van der Waals surface area contributed by atoms with Crippen LogP contribution in [0.15, 0.2) is 0 Å². The average Bonchev–Trinajstić information content (AvgIpc) is 2.58. The molecule has 3 nitrogen and oxygen atoms in total. The molecular formula is C16H41N3Si3. The van der Waals surface area contributed by atoms with Crippen molar-refractivity contribution in [1.29, 1.82) is 0 Å². The van der Waals surface area contributed by atoms with Gasteiger partial charge in [0.05, 0.1) is 7.11 Å². The van der Waals surface area contributed by atoms with Crippen molar-refractivity contribution in [3.63, 3.8) is 0 Å². The van der Waals surface area contributed by atoms with E-state index in [-0.39, 0.29) is 0 Å². The van der Waals surface area contributed by atoms with E-state index in [0.29, 0.717) is 0 Å². The van der Waals surface area contributed by atoms with Gasteiger partial charge in [-0.15, -0.1) is 0 Å². The molecule has 0 aliphatic carbocycles. The second-order valence-electron chi connectivity index (χ2n) is 6.69. The fourth-order valence-corrected chi connectivity index (χ4v) is 50.6. The Balaban J connectivity index is 3.59. The van der Waals surface area contributed by atoms with Gasteiger partial charge < -0.3 is 0 Å². The number of hydrazine groups is 2. The summed E-state index contributed by atoms with van der Waals surface area (Å²) in [4.78, 5) is 0. The average molecular weight is 360 g/mol. The summed E-state index contributed by atoms with van der Waals surface area (Å²) in [7, 11) is -3.37. The largest absolute Gasteiger partial charge is 0.257 e. The summed E-state index contributed by atoms with van der Waals surface area (Å²) < 4.78 is 5.86. The maximum Gasteiger partial charge on any atom is 0.136 e. The summed E-state index contributed by atoms with van der Waals surface area (Å²) in [6, 6.07) is 7.50. The van der Waals surface area contributed by atoms with Crippen molar-refractivity contribution < 1.29 is 0 Å². The van der Waals surface area contributed by atoms with Crippen LogP contribution >= 0.6 is 0 Å². The summed E-state index contributed by atoms with van der Waals surface area (Å²) in [6.07, 6.45) is 0. The van der Waals surface area contributed by atoms with Gasteiger partial charge in [0.2, 0.25) is 0 Å². The molecule has 1 heterocycles. The topological polar surface area (TPSA) is 9.72 Å². The van der Waals surface area contributed by atoms with Crippen molar-refractivity contribution in [2.45, 2.75) is 85.6 Å². The van der Waals surface area contributed by atoms with E-state index in [1.165, 1.54) is 43.3 Å². The second-order valence-corrected chi connectivity index (χ2v) is 29.7. The molecule has 0 spiro atoms. The Kier molecular flexibility index (Phi) is 8.02. The molecule has 6 heteroatoms. The van der Waals surface area contributed by atoms with Crippen LogP contribution in [0.4, 0.5) is 0 Å². The minimum Gasteiger partial charge on any atom is -0.257 e. The van der Waals surface area contributed by atoms with Crippen molar-refractivity contribution in [1.82, 2.24) is 14.5 Å². The Labute approximate surface area is 143 Å². The molecule has 0 amide bonds. The highest BCUT2D eigenvalue weighted by Crippen LogP contribution is 2.44. The normalized spacial score (nSPS) is 26.5. The van der Waals surface area contributed by atoms with E-state index < -0.39 is 23.3 Å². The van der Waals surface area contributed by atoms with Gasteiger partial charge in [0.25, 0.3) is 0 Å². The monoisotopic (exact) mass is 359 g/mol. The van der Waals surface area contributed by atoms with Gasteiger partial charge in [-0.2, -0.15) is 5.12 Å². The van der Waals surface area contributed by atoms with E-state index in [0.717, 1.165) is 6.54 Å². The number of nitrogens with zero attached hydrogens (tertiary/aromatic N) is 3. The van der Waals surface area contributed by atoms with Gasteiger partial charge in [0.15, 0.2) is 0 Å². The van der Waals surface area contributed by atoms with E-state index in [4.69, 9.17) is 0 Å². The maximum absolute atomic E-state index is 2.95. The molecule has 0 aromatic rings. The lowest BCUT2D eigenvalue weighted by molar-refractivity contribution is -0.0888. The third kappa shape index (κ3) is 2.73. The van der Waals surface area contributed by atoms with Crippen LogP contribution in [0.2, 0.25) is 30.2 Å². The van der Waals surface area contributed by atoms with E-state index >= 15 is 0 Å². The van der Waals surface area contributed by atoms with Crippen LogP contribution in [0.5, 0.6) is 0 Å². The standard InChI is InChI=1S/C16H41N3Si3/c1-9-17-18(10-2)20(12-4)22(15-7,16-8)21(13-5,14-6)19(17)11-3/h20H,9-16H2,1-8H3. The molecule has 1 unspecified atom stereocenters. The lowest BCUT2D eigenvalue weighted by atomic mass is 10.7. The van der Waals surface area contributed by atoms with Crippen molar-refractivity contribution in [3.05, 3.63) is 0 Å². The zero-order valence-corrected chi connectivity index (χ0v) is 19.7. The minimum absolute atomic E-state index is 0.841. The van der Waals surface area contributed by atoms with Crippen LogP contribution in [0.25, 0.3) is 0 Å². The third-order valence-corrected chi connectivity index (χ3v) is 45.2. The molecule has 1 rings (SSSR count). The molecular weight excluding hydrogens is 318 g/mol. The fraction of sp³-hybridized carbons (Fsp3) is 1.00. The van der Waals surface area contributed by atoms with Crippen molar-refractivity contribution in [2.75, 3.05) is 19.6 Å². The van der Waals surface area contributed by atoms with E-state index in [1.54, 1.807) is 0 Å². The molecule has 1 aliphatic heterocycles. The predicted octanol–water partition coefficient (Wildman–Crippen LogP) is 4.17. The first kappa shape index (κ1) is 20.6. The highest BCUT2D eigenvalue weighted by Gasteiger charge is 2.64. The first-order chi connectivity index (χ1) is 10.5. The van der Waals surface area contributed by atoms with Crippen LogP contribution in [0, 0.1) is 0 Å². The lowest BCUT2D eigenvalue weighted by Crippen LogP contribution is -2.89. The Morgan fingerprint density at radius 3 is 1.50 bits per heavy atom. The Morgan fingerprint density at radius 1 is 0.682 bits per heavy atom. The molecule has 0 bridgehead atoms. The van der Waals surface area contributed by atoms with E-state index in [9.17, 15) is 0 Å². The predicted molar refractivity (Wildman–Crippen MR) is 108 cm³/mol. The Hall–Kier alpha value is 0.531. The van der Waals surface area contributed by atoms with Crippen molar-refractivity contribution >= 4 is 23.3 Å². The van der Waals surface area contributed by atoms with Crippen LogP contribution < -0.4 is 0 Å². The van der Waals surface area contributed by atoms with Crippen LogP contribution in [-0.2, 0) is 0 Å². The van der Waals surface area contributed by atoms with Crippen LogP contribution in [0.1, 0.15) is 55.4 Å². The number of hydrogen-bond donors (Lipinski definition) is 0. The zero-order chi connectivity index (χ0) is 17.0. The molecule has 1 fully saturated rings. The molecule has 0 aromatic carbocycles. The number of hydrogen-bond acceptors (Lipinski definition) is 3. The van der Waals surface area contributed by atoms with E-state index in [1.807, 2.05) is 0 Å². The first-order valence-corrected chi connectivity index (χ1v) is 18.8. The molecule has 0 N–H and O–H groups in total. The Bertz CT molecular complexity index is 301. The molecule has 0 aromatic heterocycles. The van der Waals surface area contributed by atoms with Crippen LogP contribution in [0.3, 0.4) is 0 Å². The minimum atomic E-state index is -1.35. The van der Waals surface area contributed by atoms with Gasteiger partial charge in [-0.1, -0.05) is 66.6 Å². The van der Waals surface area contributed by atoms with Gasteiger partial charge in [-0.25, -0.2) is 0 Å². The van der Waals surface area contributed by atoms with Gasteiger partial charge in [0, 0.05) is 19.6 Å². The van der Waals surface area contributed by atoms with Gasteiger partial charge in [0.1, 0.15) is 16.2 Å². The van der Waals surface area contributed by atoms with Crippen molar-refractivity contribution in [3.8, 4) is 0 Å². The maximum atomic E-state index is 2.95. The summed E-state index contributed by atoms with van der Waals surface area (Å²) in [6.45, 7) is 23.5. The SMILES string of the molecule is CCN1N(CC)[SiH](CC)[Si](CC)(CC)[Si](CC)(CC)N1CC. The molecule has 1 aliphatic rings. The molecule has 0 radical (unpaired) electrons. The highest BCUT2D eigenvalue weighted by atomic mass is 29.6. The third-order valence-electron chi connectivity index (χ3n) is 6.72. The summed E-state index contributed by atoms with van der Waals surface area (Å²) in [5.74, 6) is 0. The lowest BCUT2D eigenvalue weighted by Gasteiger charge is -2.66. The summed E-state index contributed by atoms with van der Waals surface area (Å²) in [5.41, 5.74) is 0. The first-order valence-electron chi connectivity index (χ1n) is 9.85. The quantitative estimate of drug-likeness (QED) is 0.602. The smallest absolute Gasteiger partial charge is 0.136 e. The molecule has 0 saturated carbocycles. The van der Waals surface area contributed by atoms with Gasteiger partial charge >= 0.3 is 0 Å². The van der Waals surface area contributed by atoms with Gasteiger partial charge in [-0.3, -0.25) is 9.35 Å². The zero-order valence-electron chi connectivity index (χ0n) is 16.6. The Morgan fingerprint density at radius 2 is 1.23 bits per heavy atom. The van der Waals surface area contributed by atoms with Crippen molar-refractivity contribution in [2.24, 2.45) is 0 Å². The van der Waals surface area contributed by atoms with Gasteiger partial charge in [-0.05, 0) is 19.0 Å². The molecule has 1 saturated heterocycles.